The number of carbonyl (C=O) groups excluding carboxylic acids is 1. The number of nitrogens with zero attached hydrogens (tertiary/aromatic N) is 4. The molecule has 1 amide bonds. The molecule has 3 heterocycles. The first-order chi connectivity index (χ1) is 14.6. The molecule has 7 nitrogen and oxygen atoms in total. The molecular formula is C22H20ClN5O2. The van der Waals surface area contributed by atoms with E-state index in [1.807, 2.05) is 23.3 Å². The summed E-state index contributed by atoms with van der Waals surface area (Å²) in [5, 5.41) is 6.55. The van der Waals surface area contributed by atoms with Gasteiger partial charge in [-0.2, -0.15) is 4.98 Å². The molecule has 2 atom stereocenters. The van der Waals surface area contributed by atoms with E-state index in [0.717, 1.165) is 5.56 Å². The molecule has 0 bridgehead atoms. The third kappa shape index (κ3) is 3.58. The molecule has 2 unspecified atom stereocenters. The van der Waals surface area contributed by atoms with Crippen molar-refractivity contribution in [1.29, 1.82) is 0 Å². The van der Waals surface area contributed by atoms with Crippen LogP contribution in [0.4, 0.5) is 0 Å². The lowest BCUT2D eigenvalue weighted by molar-refractivity contribution is -0.135. The van der Waals surface area contributed by atoms with Crippen molar-refractivity contribution in [3.05, 3.63) is 83.0 Å². The fourth-order valence-corrected chi connectivity index (χ4v) is 3.89. The molecule has 1 aromatic heterocycles. The van der Waals surface area contributed by atoms with Crippen LogP contribution in [0.3, 0.4) is 0 Å². The quantitative estimate of drug-likeness (QED) is 0.690. The summed E-state index contributed by atoms with van der Waals surface area (Å²) in [5.41, 5.74) is 6.61. The molecule has 3 aromatic rings. The van der Waals surface area contributed by atoms with E-state index in [1.165, 1.54) is 11.1 Å². The molecule has 0 radical (unpaired) electrons. The lowest BCUT2D eigenvalue weighted by atomic mass is 10.00. The van der Waals surface area contributed by atoms with Gasteiger partial charge in [-0.05, 0) is 43.2 Å². The van der Waals surface area contributed by atoms with Gasteiger partial charge >= 0.3 is 0 Å². The van der Waals surface area contributed by atoms with Gasteiger partial charge in [-0.1, -0.05) is 46.6 Å². The molecule has 0 spiro atoms. The van der Waals surface area contributed by atoms with E-state index < -0.39 is 0 Å². The molecule has 0 aliphatic carbocycles. The Morgan fingerprint density at radius 3 is 2.67 bits per heavy atom. The van der Waals surface area contributed by atoms with E-state index in [0.29, 0.717) is 23.2 Å². The lowest BCUT2D eigenvalue weighted by Crippen LogP contribution is -2.47. The average molecular weight is 422 g/mol. The Balaban J connectivity index is 1.28. The number of hydrazine groups is 1. The van der Waals surface area contributed by atoms with Crippen LogP contribution in [0.2, 0.25) is 5.02 Å². The Hall–Kier alpha value is -3.16. The van der Waals surface area contributed by atoms with Crippen molar-refractivity contribution in [2.75, 3.05) is 0 Å². The molecule has 8 heteroatoms. The second kappa shape index (κ2) is 7.59. The Morgan fingerprint density at radius 1 is 1.13 bits per heavy atom. The number of rotatable bonds is 4. The highest BCUT2D eigenvalue weighted by Gasteiger charge is 2.40. The number of halogens is 1. The van der Waals surface area contributed by atoms with Crippen molar-refractivity contribution < 1.29 is 9.32 Å². The molecule has 5 rings (SSSR count). The molecule has 1 fully saturated rings. The van der Waals surface area contributed by atoms with E-state index >= 15 is 0 Å². The SMILES string of the molecule is Cc1ccc(C2CC3C(=O)N(Cc4nc(-c5ccc(Cl)cc5)no4)C=CN3N2)cc1. The number of aryl methyl sites for hydroxylation is 1. The minimum absolute atomic E-state index is 0.00542. The number of hydrogen-bond donors (Lipinski definition) is 1. The number of benzene rings is 2. The summed E-state index contributed by atoms with van der Waals surface area (Å²) in [6.45, 7) is 2.30. The summed E-state index contributed by atoms with van der Waals surface area (Å²) < 4.78 is 5.36. The van der Waals surface area contributed by atoms with Crippen LogP contribution < -0.4 is 5.43 Å². The molecule has 30 heavy (non-hydrogen) atoms. The number of fused-ring (bicyclic) bond motifs is 1. The standard InChI is InChI=1S/C22H20ClN5O2/c1-14-2-4-15(5-3-14)18-12-19-22(29)27(10-11-28(19)25-18)13-20-24-21(26-30-20)16-6-8-17(23)9-7-16/h2-11,18-19,25H,12-13H2,1H3. The number of carbonyl (C=O) groups is 1. The fourth-order valence-electron chi connectivity index (χ4n) is 3.76. The topological polar surface area (TPSA) is 74.5 Å². The predicted molar refractivity (Wildman–Crippen MR) is 112 cm³/mol. The van der Waals surface area contributed by atoms with Crippen LogP contribution >= 0.6 is 11.6 Å². The van der Waals surface area contributed by atoms with Crippen molar-refractivity contribution in [2.24, 2.45) is 0 Å². The monoisotopic (exact) mass is 421 g/mol. The van der Waals surface area contributed by atoms with Gasteiger partial charge in [-0.3, -0.25) is 4.79 Å². The highest BCUT2D eigenvalue weighted by molar-refractivity contribution is 6.30. The minimum atomic E-state index is -0.264. The minimum Gasteiger partial charge on any atom is -0.337 e. The maximum atomic E-state index is 13.0. The van der Waals surface area contributed by atoms with Crippen molar-refractivity contribution in [3.63, 3.8) is 0 Å². The van der Waals surface area contributed by atoms with Gasteiger partial charge in [0.2, 0.25) is 11.7 Å². The van der Waals surface area contributed by atoms with Crippen LogP contribution in [0.25, 0.3) is 11.4 Å². The van der Waals surface area contributed by atoms with Gasteiger partial charge in [-0.25, -0.2) is 5.43 Å². The smallest absolute Gasteiger partial charge is 0.251 e. The van der Waals surface area contributed by atoms with Gasteiger partial charge in [0.1, 0.15) is 12.6 Å². The second-order valence-corrected chi connectivity index (χ2v) is 7.97. The summed E-state index contributed by atoms with van der Waals surface area (Å²) in [5.74, 6) is 0.858. The largest absolute Gasteiger partial charge is 0.337 e. The third-order valence-electron chi connectivity index (χ3n) is 5.43. The van der Waals surface area contributed by atoms with Gasteiger partial charge in [-0.15, -0.1) is 0 Å². The van der Waals surface area contributed by atoms with E-state index in [9.17, 15) is 4.79 Å². The Kier molecular flexibility index (Phi) is 4.77. The van der Waals surface area contributed by atoms with E-state index in [4.69, 9.17) is 16.1 Å². The van der Waals surface area contributed by atoms with E-state index in [1.54, 1.807) is 23.2 Å². The Morgan fingerprint density at radius 2 is 1.90 bits per heavy atom. The second-order valence-electron chi connectivity index (χ2n) is 7.53. The third-order valence-corrected chi connectivity index (χ3v) is 5.68. The van der Waals surface area contributed by atoms with Crippen molar-refractivity contribution >= 4 is 17.5 Å². The first-order valence-corrected chi connectivity index (χ1v) is 10.1. The zero-order chi connectivity index (χ0) is 20.7. The van der Waals surface area contributed by atoms with Gasteiger partial charge < -0.3 is 14.4 Å². The average Bonchev–Trinajstić information content (AvgIpc) is 3.39. The molecule has 2 aliphatic rings. The molecule has 1 saturated heterocycles. The van der Waals surface area contributed by atoms with Gasteiger partial charge in [0.05, 0.1) is 6.04 Å². The Labute approximate surface area is 178 Å². The summed E-state index contributed by atoms with van der Waals surface area (Å²) in [6.07, 6.45) is 4.33. The highest BCUT2D eigenvalue weighted by Crippen LogP contribution is 2.31. The first-order valence-electron chi connectivity index (χ1n) is 9.75. The maximum Gasteiger partial charge on any atom is 0.251 e. The molecule has 1 N–H and O–H groups in total. The number of hydrogen-bond acceptors (Lipinski definition) is 6. The predicted octanol–water partition coefficient (Wildman–Crippen LogP) is 3.83. The van der Waals surface area contributed by atoms with Gasteiger partial charge in [0.25, 0.3) is 5.91 Å². The number of nitrogens with one attached hydrogen (secondary N) is 1. The maximum absolute atomic E-state index is 13.0. The van der Waals surface area contributed by atoms with E-state index in [-0.39, 0.29) is 24.5 Å². The van der Waals surface area contributed by atoms with Crippen LogP contribution in [-0.2, 0) is 11.3 Å². The molecule has 0 saturated carbocycles. The molecular weight excluding hydrogens is 402 g/mol. The van der Waals surface area contributed by atoms with Crippen LogP contribution in [0.1, 0.15) is 29.5 Å². The molecule has 152 valence electrons. The normalized spacial score (nSPS) is 20.7. The van der Waals surface area contributed by atoms with Gasteiger partial charge in [0, 0.05) is 23.0 Å². The van der Waals surface area contributed by atoms with Crippen molar-refractivity contribution in [3.8, 4) is 11.4 Å². The van der Waals surface area contributed by atoms with Crippen molar-refractivity contribution in [2.45, 2.75) is 32.0 Å². The number of aromatic nitrogens is 2. The highest BCUT2D eigenvalue weighted by atomic mass is 35.5. The molecule has 2 aromatic carbocycles. The van der Waals surface area contributed by atoms with Crippen LogP contribution in [0.15, 0.2) is 65.5 Å². The van der Waals surface area contributed by atoms with Crippen LogP contribution in [0.5, 0.6) is 0 Å². The van der Waals surface area contributed by atoms with E-state index in [2.05, 4.69) is 46.8 Å². The first kappa shape index (κ1) is 18.8. The Bertz CT molecular complexity index is 1090. The zero-order valence-electron chi connectivity index (χ0n) is 16.3. The summed E-state index contributed by atoms with van der Waals surface area (Å²) in [4.78, 5) is 19.1. The van der Waals surface area contributed by atoms with Gasteiger partial charge in [0.15, 0.2) is 0 Å². The van der Waals surface area contributed by atoms with Crippen LogP contribution in [0, 0.1) is 6.92 Å². The summed E-state index contributed by atoms with van der Waals surface area (Å²) in [7, 11) is 0. The van der Waals surface area contributed by atoms with Crippen LogP contribution in [-0.4, -0.2) is 32.0 Å². The van der Waals surface area contributed by atoms with Crippen molar-refractivity contribution in [1.82, 2.24) is 25.5 Å². The summed E-state index contributed by atoms with van der Waals surface area (Å²) >= 11 is 5.92. The molecule has 2 aliphatic heterocycles. The lowest BCUT2D eigenvalue weighted by Gasteiger charge is -2.30. The zero-order valence-corrected chi connectivity index (χ0v) is 17.1. The summed E-state index contributed by atoms with van der Waals surface area (Å²) in [6, 6.07) is 15.4. The fraction of sp³-hybridized carbons (Fsp3) is 0.227. The number of amides is 1.